The van der Waals surface area contributed by atoms with E-state index in [4.69, 9.17) is 9.47 Å². The van der Waals surface area contributed by atoms with Gasteiger partial charge in [0.15, 0.2) is 0 Å². The Kier molecular flexibility index (Phi) is 6.15. The number of nitrogens with zero attached hydrogens (tertiary/aromatic N) is 2. The lowest BCUT2D eigenvalue weighted by Crippen LogP contribution is -2.47. The summed E-state index contributed by atoms with van der Waals surface area (Å²) in [5.41, 5.74) is 0. The highest BCUT2D eigenvalue weighted by Gasteiger charge is 2.14. The lowest BCUT2D eigenvalue weighted by Gasteiger charge is -2.33. The molecule has 1 aliphatic rings. The molecular weight excluding hydrogens is 252 g/mol. The van der Waals surface area contributed by atoms with E-state index in [-0.39, 0.29) is 0 Å². The van der Waals surface area contributed by atoms with Crippen LogP contribution in [0.3, 0.4) is 0 Å². The summed E-state index contributed by atoms with van der Waals surface area (Å²) in [6.45, 7) is 12.5. The standard InChI is InChI=1S/C16H26N2O2/c1-3-17-9-11-18(12-10-17)13-14-20-16-7-5-15(6-8-16)19-4-2/h5-8H,3-4,9-14H2,1-2H3. The lowest BCUT2D eigenvalue weighted by atomic mass is 10.3. The molecule has 1 aromatic carbocycles. The minimum atomic E-state index is 0.698. The number of piperazine rings is 1. The van der Waals surface area contributed by atoms with Gasteiger partial charge in [0.1, 0.15) is 18.1 Å². The van der Waals surface area contributed by atoms with E-state index in [9.17, 15) is 0 Å². The molecule has 1 aromatic rings. The molecule has 1 fully saturated rings. The van der Waals surface area contributed by atoms with Gasteiger partial charge in [-0.2, -0.15) is 0 Å². The van der Waals surface area contributed by atoms with Gasteiger partial charge in [-0.25, -0.2) is 0 Å². The molecule has 0 radical (unpaired) electrons. The van der Waals surface area contributed by atoms with E-state index in [2.05, 4.69) is 16.7 Å². The summed E-state index contributed by atoms with van der Waals surface area (Å²) in [6.07, 6.45) is 0. The molecule has 0 atom stereocenters. The van der Waals surface area contributed by atoms with Gasteiger partial charge >= 0.3 is 0 Å². The van der Waals surface area contributed by atoms with Crippen molar-refractivity contribution in [1.29, 1.82) is 0 Å². The predicted molar refractivity (Wildman–Crippen MR) is 81.7 cm³/mol. The Morgan fingerprint density at radius 1 is 0.850 bits per heavy atom. The molecule has 0 N–H and O–H groups in total. The second-order valence-electron chi connectivity index (χ2n) is 5.03. The van der Waals surface area contributed by atoms with Gasteiger partial charge in [-0.15, -0.1) is 0 Å². The van der Waals surface area contributed by atoms with Crippen molar-refractivity contribution in [1.82, 2.24) is 9.80 Å². The fraction of sp³-hybridized carbons (Fsp3) is 0.625. The van der Waals surface area contributed by atoms with Crippen molar-refractivity contribution >= 4 is 0 Å². The summed E-state index contributed by atoms with van der Waals surface area (Å²) < 4.78 is 11.2. The van der Waals surface area contributed by atoms with Gasteiger partial charge in [0.25, 0.3) is 0 Å². The van der Waals surface area contributed by atoms with Gasteiger partial charge < -0.3 is 14.4 Å². The van der Waals surface area contributed by atoms with E-state index >= 15 is 0 Å². The van der Waals surface area contributed by atoms with Crippen LogP contribution in [0.25, 0.3) is 0 Å². The first-order chi connectivity index (χ1) is 9.81. The van der Waals surface area contributed by atoms with Crippen LogP contribution in [0.15, 0.2) is 24.3 Å². The Balaban J connectivity index is 1.65. The molecule has 0 aromatic heterocycles. The average molecular weight is 278 g/mol. The predicted octanol–water partition coefficient (Wildman–Crippen LogP) is 2.10. The lowest BCUT2D eigenvalue weighted by molar-refractivity contribution is 0.121. The SMILES string of the molecule is CCOc1ccc(OCCN2CCN(CC)CC2)cc1. The number of benzene rings is 1. The summed E-state index contributed by atoms with van der Waals surface area (Å²) in [6, 6.07) is 7.86. The molecule has 0 saturated carbocycles. The van der Waals surface area contributed by atoms with Crippen molar-refractivity contribution in [2.45, 2.75) is 13.8 Å². The summed E-state index contributed by atoms with van der Waals surface area (Å²) >= 11 is 0. The number of ether oxygens (including phenoxy) is 2. The van der Waals surface area contributed by atoms with E-state index in [1.54, 1.807) is 0 Å². The molecule has 4 nitrogen and oxygen atoms in total. The molecule has 0 spiro atoms. The zero-order valence-electron chi connectivity index (χ0n) is 12.7. The van der Waals surface area contributed by atoms with Crippen LogP contribution < -0.4 is 9.47 Å². The molecular formula is C16H26N2O2. The number of hydrogen-bond donors (Lipinski definition) is 0. The van der Waals surface area contributed by atoms with Gasteiger partial charge in [0.2, 0.25) is 0 Å². The van der Waals surface area contributed by atoms with Crippen molar-refractivity contribution < 1.29 is 9.47 Å². The van der Waals surface area contributed by atoms with Crippen LogP contribution >= 0.6 is 0 Å². The first-order valence-corrected chi connectivity index (χ1v) is 7.62. The van der Waals surface area contributed by atoms with Crippen LogP contribution in [0.2, 0.25) is 0 Å². The summed E-state index contributed by atoms with van der Waals surface area (Å²) in [7, 11) is 0. The zero-order valence-corrected chi connectivity index (χ0v) is 12.7. The molecule has 1 saturated heterocycles. The Morgan fingerprint density at radius 3 is 1.95 bits per heavy atom. The maximum Gasteiger partial charge on any atom is 0.119 e. The van der Waals surface area contributed by atoms with E-state index in [1.807, 2.05) is 31.2 Å². The zero-order chi connectivity index (χ0) is 14.2. The number of rotatable bonds is 7. The van der Waals surface area contributed by atoms with Crippen LogP contribution in [-0.2, 0) is 0 Å². The fourth-order valence-electron chi connectivity index (χ4n) is 2.42. The normalized spacial score (nSPS) is 17.1. The van der Waals surface area contributed by atoms with Crippen molar-refractivity contribution in [3.63, 3.8) is 0 Å². The van der Waals surface area contributed by atoms with Crippen LogP contribution in [0.4, 0.5) is 0 Å². The molecule has 4 heteroatoms. The van der Waals surface area contributed by atoms with E-state index < -0.39 is 0 Å². The number of hydrogen-bond acceptors (Lipinski definition) is 4. The molecule has 112 valence electrons. The second-order valence-corrected chi connectivity index (χ2v) is 5.03. The second kappa shape index (κ2) is 8.12. The summed E-state index contributed by atoms with van der Waals surface area (Å²) in [5, 5.41) is 0. The van der Waals surface area contributed by atoms with Crippen LogP contribution in [0.5, 0.6) is 11.5 Å². The molecule has 0 bridgehead atoms. The average Bonchev–Trinajstić information content (AvgIpc) is 2.50. The van der Waals surface area contributed by atoms with Crippen molar-refractivity contribution in [3.8, 4) is 11.5 Å². The Labute approximate surface area is 122 Å². The molecule has 0 unspecified atom stereocenters. The minimum Gasteiger partial charge on any atom is -0.494 e. The largest absolute Gasteiger partial charge is 0.494 e. The summed E-state index contributed by atoms with van der Waals surface area (Å²) in [5.74, 6) is 1.82. The highest BCUT2D eigenvalue weighted by Crippen LogP contribution is 2.17. The number of likely N-dealkylation sites (N-methyl/N-ethyl adjacent to an activating group) is 1. The summed E-state index contributed by atoms with van der Waals surface area (Å²) in [4.78, 5) is 4.96. The smallest absolute Gasteiger partial charge is 0.119 e. The topological polar surface area (TPSA) is 24.9 Å². The van der Waals surface area contributed by atoms with Crippen LogP contribution in [0, 0.1) is 0 Å². The molecule has 1 heterocycles. The van der Waals surface area contributed by atoms with Crippen LogP contribution in [0.1, 0.15) is 13.8 Å². The maximum absolute atomic E-state index is 5.78. The fourth-order valence-corrected chi connectivity index (χ4v) is 2.42. The van der Waals surface area contributed by atoms with E-state index in [0.717, 1.165) is 44.3 Å². The third kappa shape index (κ3) is 4.69. The van der Waals surface area contributed by atoms with E-state index in [1.165, 1.54) is 13.1 Å². The highest BCUT2D eigenvalue weighted by atomic mass is 16.5. The minimum absolute atomic E-state index is 0.698. The quantitative estimate of drug-likeness (QED) is 0.762. The van der Waals surface area contributed by atoms with E-state index in [0.29, 0.717) is 6.61 Å². The molecule has 20 heavy (non-hydrogen) atoms. The first kappa shape index (κ1) is 15.1. The Bertz CT molecular complexity index is 373. The van der Waals surface area contributed by atoms with Gasteiger partial charge in [-0.3, -0.25) is 4.90 Å². The van der Waals surface area contributed by atoms with Crippen molar-refractivity contribution in [3.05, 3.63) is 24.3 Å². The Hall–Kier alpha value is -1.26. The first-order valence-electron chi connectivity index (χ1n) is 7.62. The van der Waals surface area contributed by atoms with Crippen LogP contribution in [-0.4, -0.2) is 62.3 Å². The van der Waals surface area contributed by atoms with Gasteiger partial charge in [-0.1, -0.05) is 6.92 Å². The molecule has 0 amide bonds. The van der Waals surface area contributed by atoms with Crippen molar-refractivity contribution in [2.24, 2.45) is 0 Å². The third-order valence-corrected chi connectivity index (χ3v) is 3.72. The monoisotopic (exact) mass is 278 g/mol. The molecule has 1 aliphatic heterocycles. The third-order valence-electron chi connectivity index (χ3n) is 3.72. The molecule has 0 aliphatic carbocycles. The maximum atomic E-state index is 5.78. The molecule has 2 rings (SSSR count). The highest BCUT2D eigenvalue weighted by molar-refractivity contribution is 5.31. The van der Waals surface area contributed by atoms with Gasteiger partial charge in [-0.05, 0) is 37.7 Å². The Morgan fingerprint density at radius 2 is 1.40 bits per heavy atom. The van der Waals surface area contributed by atoms with Gasteiger partial charge in [0, 0.05) is 32.7 Å². The van der Waals surface area contributed by atoms with Gasteiger partial charge in [0.05, 0.1) is 6.61 Å². The van der Waals surface area contributed by atoms with Crippen molar-refractivity contribution in [2.75, 3.05) is 52.5 Å².